The van der Waals surface area contributed by atoms with Crippen LogP contribution in [0.15, 0.2) is 66.7 Å². The number of urea groups is 1. The van der Waals surface area contributed by atoms with E-state index in [1.807, 2.05) is 60.7 Å². The summed E-state index contributed by atoms with van der Waals surface area (Å²) in [6, 6.07) is 18.7. The fourth-order valence-corrected chi connectivity index (χ4v) is 5.67. The predicted molar refractivity (Wildman–Crippen MR) is 193 cm³/mol. The average Bonchev–Trinajstić information content (AvgIpc) is 3.09. The average molecular weight is 675 g/mol. The Labute approximate surface area is 290 Å². The van der Waals surface area contributed by atoms with Crippen molar-refractivity contribution in [2.75, 3.05) is 5.32 Å². The van der Waals surface area contributed by atoms with Gasteiger partial charge in [0.05, 0.1) is 11.9 Å². The standard InChI is InChI=1S/C39H54N4O6/c1-2-3-4-5-6-7-8-9-10-11-15-22-32(28-35(40)44)49-38(46)34(24-18-25-37(45)48-29-30-19-13-12-14-20-30)42-39(47)43-36-27-26-31-21-16-17-23-33(31)41-36/h12-14,16-17,19-21,23,26-27,32,34H,2-11,15,18,22,24-25,28-29H2,1H3,(H2,40,44)(H2,41,42,43,47)/t32-,34-/m0/s1. The molecule has 0 bridgehead atoms. The Kier molecular flexibility index (Phi) is 18.3. The number of rotatable bonds is 24. The Morgan fingerprint density at radius 3 is 2.10 bits per heavy atom. The van der Waals surface area contributed by atoms with Crippen LogP contribution in [0.1, 0.15) is 115 Å². The van der Waals surface area contributed by atoms with Crippen LogP contribution in [0.5, 0.6) is 0 Å². The lowest BCUT2D eigenvalue weighted by molar-refractivity contribution is -0.153. The fraction of sp³-hybridized carbons (Fsp3) is 0.513. The zero-order valence-corrected chi connectivity index (χ0v) is 29.0. The normalized spacial score (nSPS) is 12.2. The third kappa shape index (κ3) is 16.5. The molecule has 2 aromatic carbocycles. The minimum atomic E-state index is -1.07. The summed E-state index contributed by atoms with van der Waals surface area (Å²) >= 11 is 0. The van der Waals surface area contributed by atoms with E-state index in [1.54, 1.807) is 6.07 Å². The molecule has 10 nitrogen and oxygen atoms in total. The maximum atomic E-state index is 13.4. The molecule has 1 aromatic heterocycles. The number of fused-ring (bicyclic) bond motifs is 1. The Morgan fingerprint density at radius 1 is 0.755 bits per heavy atom. The number of primary amides is 1. The summed E-state index contributed by atoms with van der Waals surface area (Å²) in [5, 5.41) is 6.29. The molecule has 266 valence electrons. The summed E-state index contributed by atoms with van der Waals surface area (Å²) in [4.78, 5) is 55.2. The molecule has 3 rings (SSSR count). The highest BCUT2D eigenvalue weighted by Gasteiger charge is 2.26. The molecule has 0 spiro atoms. The smallest absolute Gasteiger partial charge is 0.328 e. The van der Waals surface area contributed by atoms with Crippen LogP contribution in [0.2, 0.25) is 0 Å². The number of hydrogen-bond acceptors (Lipinski definition) is 7. The second kappa shape index (κ2) is 23.0. The van der Waals surface area contributed by atoms with Gasteiger partial charge in [-0.05, 0) is 49.4 Å². The first-order valence-electron chi connectivity index (χ1n) is 18.0. The number of aromatic nitrogens is 1. The van der Waals surface area contributed by atoms with Gasteiger partial charge in [0.2, 0.25) is 5.91 Å². The molecular formula is C39H54N4O6. The van der Waals surface area contributed by atoms with E-state index in [0.29, 0.717) is 17.8 Å². The first kappa shape index (κ1) is 39.0. The maximum Gasteiger partial charge on any atom is 0.328 e. The predicted octanol–water partition coefficient (Wildman–Crippen LogP) is 8.13. The number of nitrogens with one attached hydrogen (secondary N) is 2. The van der Waals surface area contributed by atoms with Crippen molar-refractivity contribution in [1.82, 2.24) is 10.3 Å². The molecule has 10 heteroatoms. The number of nitrogens with zero attached hydrogens (tertiary/aromatic N) is 1. The number of ether oxygens (including phenoxy) is 2. The van der Waals surface area contributed by atoms with Crippen LogP contribution in [-0.2, 0) is 30.5 Å². The van der Waals surface area contributed by atoms with E-state index < -0.39 is 36.0 Å². The summed E-state index contributed by atoms with van der Waals surface area (Å²) in [7, 11) is 0. The van der Waals surface area contributed by atoms with Crippen LogP contribution in [-0.4, -0.2) is 41.0 Å². The van der Waals surface area contributed by atoms with E-state index in [4.69, 9.17) is 15.2 Å². The number of anilines is 1. The Hall–Kier alpha value is -4.47. The van der Waals surface area contributed by atoms with Crippen LogP contribution < -0.4 is 16.4 Å². The molecule has 3 amide bonds. The summed E-state index contributed by atoms with van der Waals surface area (Å²) < 4.78 is 11.1. The van der Waals surface area contributed by atoms with Gasteiger partial charge in [0, 0.05) is 11.8 Å². The first-order chi connectivity index (χ1) is 23.8. The van der Waals surface area contributed by atoms with E-state index in [0.717, 1.165) is 36.6 Å². The topological polar surface area (TPSA) is 150 Å². The van der Waals surface area contributed by atoms with Crippen LogP contribution in [0.4, 0.5) is 10.6 Å². The second-order valence-electron chi connectivity index (χ2n) is 12.6. The van der Waals surface area contributed by atoms with Gasteiger partial charge in [0.15, 0.2) is 0 Å². The largest absolute Gasteiger partial charge is 0.461 e. The molecule has 0 radical (unpaired) electrons. The molecule has 4 N–H and O–H groups in total. The third-order valence-electron chi connectivity index (χ3n) is 8.39. The minimum Gasteiger partial charge on any atom is -0.461 e. The van der Waals surface area contributed by atoms with E-state index in [2.05, 4.69) is 22.5 Å². The molecule has 0 saturated carbocycles. The van der Waals surface area contributed by atoms with Crippen LogP contribution >= 0.6 is 0 Å². The van der Waals surface area contributed by atoms with Crippen molar-refractivity contribution in [1.29, 1.82) is 0 Å². The lowest BCUT2D eigenvalue weighted by Gasteiger charge is -2.22. The van der Waals surface area contributed by atoms with E-state index in [-0.39, 0.29) is 32.3 Å². The summed E-state index contributed by atoms with van der Waals surface area (Å²) in [5.41, 5.74) is 7.08. The molecule has 0 aliphatic rings. The number of carbonyl (C=O) groups excluding carboxylic acids is 4. The van der Waals surface area contributed by atoms with E-state index >= 15 is 0 Å². The van der Waals surface area contributed by atoms with Gasteiger partial charge >= 0.3 is 18.0 Å². The molecule has 49 heavy (non-hydrogen) atoms. The van der Waals surface area contributed by atoms with Crippen LogP contribution in [0.3, 0.4) is 0 Å². The lowest BCUT2D eigenvalue weighted by Crippen LogP contribution is -2.45. The molecule has 0 aliphatic carbocycles. The Balaban J connectivity index is 1.53. The minimum absolute atomic E-state index is 0.0512. The number of pyridine rings is 1. The Morgan fingerprint density at radius 2 is 1.41 bits per heavy atom. The molecule has 3 aromatic rings. The SMILES string of the molecule is CCCCCCCCCCCCC[C@@H](CC(N)=O)OC(=O)[C@H](CCCC(=O)OCc1ccccc1)NC(=O)Nc1ccc2ccccc2n1. The summed E-state index contributed by atoms with van der Waals surface area (Å²) in [5.74, 6) is -1.35. The van der Waals surface area contributed by atoms with Crippen molar-refractivity contribution in [3.8, 4) is 0 Å². The highest BCUT2D eigenvalue weighted by atomic mass is 16.5. The Bertz CT molecular complexity index is 1430. The van der Waals surface area contributed by atoms with Crippen LogP contribution in [0, 0.1) is 0 Å². The number of esters is 2. The monoisotopic (exact) mass is 674 g/mol. The number of nitrogens with two attached hydrogens (primary N) is 1. The van der Waals surface area contributed by atoms with Gasteiger partial charge in [0.25, 0.3) is 0 Å². The molecule has 1 heterocycles. The molecular weight excluding hydrogens is 620 g/mol. The summed E-state index contributed by atoms with van der Waals surface area (Å²) in [6.45, 7) is 2.38. The van der Waals surface area contributed by atoms with Gasteiger partial charge in [-0.25, -0.2) is 14.6 Å². The maximum absolute atomic E-state index is 13.4. The third-order valence-corrected chi connectivity index (χ3v) is 8.39. The van der Waals surface area contributed by atoms with Crippen molar-refractivity contribution in [3.05, 3.63) is 72.3 Å². The second-order valence-corrected chi connectivity index (χ2v) is 12.6. The van der Waals surface area contributed by atoms with Crippen molar-refractivity contribution >= 4 is 40.6 Å². The number of hydrogen-bond donors (Lipinski definition) is 3. The highest BCUT2D eigenvalue weighted by molar-refractivity contribution is 5.93. The summed E-state index contributed by atoms with van der Waals surface area (Å²) in [6.07, 6.45) is 13.1. The molecule has 0 fully saturated rings. The number of carbonyl (C=O) groups is 4. The van der Waals surface area contributed by atoms with Crippen molar-refractivity contribution < 1.29 is 28.7 Å². The van der Waals surface area contributed by atoms with Gasteiger partial charge in [-0.2, -0.15) is 0 Å². The van der Waals surface area contributed by atoms with Crippen LogP contribution in [0.25, 0.3) is 10.9 Å². The number of amides is 3. The quantitative estimate of drug-likeness (QED) is 0.0641. The highest BCUT2D eigenvalue weighted by Crippen LogP contribution is 2.18. The molecule has 0 saturated heterocycles. The fourth-order valence-electron chi connectivity index (χ4n) is 5.67. The lowest BCUT2D eigenvalue weighted by atomic mass is 10.0. The van der Waals surface area contributed by atoms with Crippen molar-refractivity contribution in [2.24, 2.45) is 5.73 Å². The number of unbranched alkanes of at least 4 members (excludes halogenated alkanes) is 10. The van der Waals surface area contributed by atoms with E-state index in [9.17, 15) is 19.2 Å². The van der Waals surface area contributed by atoms with E-state index in [1.165, 1.54) is 44.9 Å². The van der Waals surface area contributed by atoms with Crippen molar-refractivity contribution in [2.45, 2.75) is 128 Å². The number of benzene rings is 2. The van der Waals surface area contributed by atoms with Gasteiger partial charge in [-0.3, -0.25) is 14.9 Å². The van der Waals surface area contributed by atoms with Crippen molar-refractivity contribution in [3.63, 3.8) is 0 Å². The first-order valence-corrected chi connectivity index (χ1v) is 18.0. The molecule has 2 atom stereocenters. The van der Waals surface area contributed by atoms with Gasteiger partial charge in [-0.15, -0.1) is 0 Å². The van der Waals surface area contributed by atoms with Gasteiger partial charge in [0.1, 0.15) is 24.6 Å². The number of para-hydroxylation sites is 1. The zero-order valence-electron chi connectivity index (χ0n) is 29.0. The van der Waals surface area contributed by atoms with Gasteiger partial charge in [-0.1, -0.05) is 120 Å². The molecule has 0 unspecified atom stereocenters. The molecule has 0 aliphatic heterocycles. The van der Waals surface area contributed by atoms with Gasteiger partial charge < -0.3 is 20.5 Å². The zero-order chi connectivity index (χ0) is 35.1.